The molecule has 0 aliphatic rings. The highest BCUT2D eigenvalue weighted by Gasteiger charge is 2.27. The smallest absolute Gasteiger partial charge is 0.346 e. The van der Waals surface area contributed by atoms with Gasteiger partial charge in [0.25, 0.3) is 0 Å². The first-order valence-corrected chi connectivity index (χ1v) is 6.46. The molecule has 0 atom stereocenters. The van der Waals surface area contributed by atoms with Crippen molar-refractivity contribution in [3.8, 4) is 6.07 Å². The van der Waals surface area contributed by atoms with Crippen LogP contribution in [0.1, 0.15) is 11.1 Å². The van der Waals surface area contributed by atoms with Crippen LogP contribution >= 0.6 is 11.8 Å². The maximum absolute atomic E-state index is 11.8. The molecule has 0 fully saturated rings. The number of carbonyl (C=O) groups is 1. The second kappa shape index (κ2) is 7.04. The van der Waals surface area contributed by atoms with Crippen molar-refractivity contribution in [3.63, 3.8) is 0 Å². The number of carbonyl (C=O) groups excluding carboxylic acids is 1. The number of benzene rings is 1. The molecule has 7 heteroatoms. The number of amides is 1. The van der Waals surface area contributed by atoms with E-state index >= 15 is 0 Å². The van der Waals surface area contributed by atoms with Gasteiger partial charge in [0.15, 0.2) is 0 Å². The summed E-state index contributed by atoms with van der Waals surface area (Å²) in [5, 5.41) is 10.4. The maximum atomic E-state index is 11.8. The molecule has 1 aromatic carbocycles. The highest BCUT2D eigenvalue weighted by Crippen LogP contribution is 2.14. The molecule has 0 saturated carbocycles. The molecule has 1 amide bonds. The molecule has 0 aliphatic carbocycles. The second-order valence-electron chi connectivity index (χ2n) is 3.69. The molecule has 0 radical (unpaired) electrons. The SMILES string of the molecule is N#Cc1ccc(CSCC(=O)NCC(F)(F)F)cc1. The molecule has 3 nitrogen and oxygen atoms in total. The van der Waals surface area contributed by atoms with Crippen molar-refractivity contribution in [1.29, 1.82) is 5.26 Å². The summed E-state index contributed by atoms with van der Waals surface area (Å²) < 4.78 is 35.5. The monoisotopic (exact) mass is 288 g/mol. The van der Waals surface area contributed by atoms with Gasteiger partial charge in [0.1, 0.15) is 6.54 Å². The van der Waals surface area contributed by atoms with E-state index < -0.39 is 18.6 Å². The molecule has 1 aromatic rings. The fourth-order valence-electron chi connectivity index (χ4n) is 1.19. The van der Waals surface area contributed by atoms with Gasteiger partial charge in [-0.15, -0.1) is 11.8 Å². The van der Waals surface area contributed by atoms with E-state index in [1.807, 2.05) is 6.07 Å². The molecule has 1 rings (SSSR count). The normalized spacial score (nSPS) is 10.8. The van der Waals surface area contributed by atoms with Crippen molar-refractivity contribution < 1.29 is 18.0 Å². The quantitative estimate of drug-likeness (QED) is 0.905. The fourth-order valence-corrected chi connectivity index (χ4v) is 2.00. The number of nitrogens with zero attached hydrogens (tertiary/aromatic N) is 1. The highest BCUT2D eigenvalue weighted by atomic mass is 32.2. The first kappa shape index (κ1) is 15.4. The predicted molar refractivity (Wildman–Crippen MR) is 66.4 cm³/mol. The average molecular weight is 288 g/mol. The summed E-state index contributed by atoms with van der Waals surface area (Å²) in [6.07, 6.45) is -4.38. The minimum atomic E-state index is -4.38. The van der Waals surface area contributed by atoms with E-state index in [9.17, 15) is 18.0 Å². The van der Waals surface area contributed by atoms with E-state index in [2.05, 4.69) is 0 Å². The summed E-state index contributed by atoms with van der Waals surface area (Å²) in [5.74, 6) is -0.169. The van der Waals surface area contributed by atoms with E-state index in [1.165, 1.54) is 11.8 Å². The first-order chi connectivity index (χ1) is 8.90. The summed E-state index contributed by atoms with van der Waals surface area (Å²) in [5.41, 5.74) is 1.45. The molecule has 102 valence electrons. The lowest BCUT2D eigenvalue weighted by Crippen LogP contribution is -2.34. The number of thioether (sulfide) groups is 1. The molecule has 0 unspecified atom stereocenters. The number of alkyl halides is 3. The van der Waals surface area contributed by atoms with Crippen molar-refractivity contribution in [2.45, 2.75) is 11.9 Å². The Balaban J connectivity index is 2.26. The number of nitrogens with one attached hydrogen (secondary N) is 1. The summed E-state index contributed by atoms with van der Waals surface area (Å²) in [7, 11) is 0. The van der Waals surface area contributed by atoms with Gasteiger partial charge in [-0.1, -0.05) is 12.1 Å². The zero-order valence-electron chi connectivity index (χ0n) is 9.83. The van der Waals surface area contributed by atoms with Crippen molar-refractivity contribution in [3.05, 3.63) is 35.4 Å². The van der Waals surface area contributed by atoms with Crippen molar-refractivity contribution in [2.75, 3.05) is 12.3 Å². The van der Waals surface area contributed by atoms with Crippen LogP contribution in [0, 0.1) is 11.3 Å². The Morgan fingerprint density at radius 2 is 1.95 bits per heavy atom. The van der Waals surface area contributed by atoms with Gasteiger partial charge in [0.05, 0.1) is 17.4 Å². The molecular formula is C12H11F3N2OS. The lowest BCUT2D eigenvalue weighted by molar-refractivity contribution is -0.136. The zero-order chi connectivity index (χ0) is 14.3. The summed E-state index contributed by atoms with van der Waals surface area (Å²) >= 11 is 1.22. The number of hydrogen-bond acceptors (Lipinski definition) is 3. The number of hydrogen-bond donors (Lipinski definition) is 1. The lowest BCUT2D eigenvalue weighted by Gasteiger charge is -2.08. The molecule has 0 spiro atoms. The molecule has 0 heterocycles. The standard InChI is InChI=1S/C12H11F3N2OS/c13-12(14,15)8-17-11(18)7-19-6-10-3-1-9(5-16)2-4-10/h1-4H,6-8H2,(H,17,18). The van der Waals surface area contributed by atoms with E-state index in [0.29, 0.717) is 11.3 Å². The van der Waals surface area contributed by atoms with Gasteiger partial charge >= 0.3 is 6.18 Å². The summed E-state index contributed by atoms with van der Waals surface area (Å²) in [6.45, 7) is -1.30. The van der Waals surface area contributed by atoms with Crippen LogP contribution in [0.4, 0.5) is 13.2 Å². The Kier molecular flexibility index (Phi) is 5.70. The summed E-state index contributed by atoms with van der Waals surface area (Å²) in [4.78, 5) is 11.1. The van der Waals surface area contributed by atoms with Crippen LogP contribution < -0.4 is 5.32 Å². The minimum Gasteiger partial charge on any atom is -0.346 e. The predicted octanol–water partition coefficient (Wildman–Crippen LogP) is 2.47. The number of rotatable bonds is 5. The van der Waals surface area contributed by atoms with Crippen molar-refractivity contribution in [1.82, 2.24) is 5.32 Å². The molecule has 0 aromatic heterocycles. The molecular weight excluding hydrogens is 277 g/mol. The Morgan fingerprint density at radius 3 is 2.47 bits per heavy atom. The third kappa shape index (κ3) is 6.72. The molecule has 0 bridgehead atoms. The Labute approximate surface area is 112 Å². The Hall–Kier alpha value is -1.68. The fraction of sp³-hybridized carbons (Fsp3) is 0.333. The number of nitriles is 1. The largest absolute Gasteiger partial charge is 0.405 e. The van der Waals surface area contributed by atoms with Crippen LogP contribution in [0.2, 0.25) is 0 Å². The van der Waals surface area contributed by atoms with E-state index in [4.69, 9.17) is 5.26 Å². The third-order valence-corrected chi connectivity index (χ3v) is 3.07. The zero-order valence-corrected chi connectivity index (χ0v) is 10.6. The van der Waals surface area contributed by atoms with E-state index in [1.54, 1.807) is 29.6 Å². The van der Waals surface area contributed by atoms with Crippen LogP contribution in [-0.4, -0.2) is 24.4 Å². The Morgan fingerprint density at radius 1 is 1.32 bits per heavy atom. The number of halogens is 3. The average Bonchev–Trinajstić information content (AvgIpc) is 2.36. The van der Waals surface area contributed by atoms with Gasteiger partial charge in [-0.25, -0.2) is 0 Å². The molecule has 1 N–H and O–H groups in total. The van der Waals surface area contributed by atoms with E-state index in [-0.39, 0.29) is 5.75 Å². The van der Waals surface area contributed by atoms with Gasteiger partial charge in [-0.3, -0.25) is 4.79 Å². The van der Waals surface area contributed by atoms with Crippen LogP contribution in [0.25, 0.3) is 0 Å². The van der Waals surface area contributed by atoms with Gasteiger partial charge in [-0.2, -0.15) is 18.4 Å². The van der Waals surface area contributed by atoms with Gasteiger partial charge < -0.3 is 5.32 Å². The highest BCUT2D eigenvalue weighted by molar-refractivity contribution is 7.99. The van der Waals surface area contributed by atoms with Crippen LogP contribution in [-0.2, 0) is 10.5 Å². The molecule has 0 aliphatic heterocycles. The van der Waals surface area contributed by atoms with Crippen LogP contribution in [0.3, 0.4) is 0 Å². The Bertz CT molecular complexity index is 465. The van der Waals surface area contributed by atoms with Crippen molar-refractivity contribution >= 4 is 17.7 Å². The maximum Gasteiger partial charge on any atom is 0.405 e. The minimum absolute atomic E-state index is 0.0317. The van der Waals surface area contributed by atoms with Crippen LogP contribution in [0.5, 0.6) is 0 Å². The van der Waals surface area contributed by atoms with Crippen molar-refractivity contribution in [2.24, 2.45) is 0 Å². The topological polar surface area (TPSA) is 52.9 Å². The third-order valence-electron chi connectivity index (χ3n) is 2.07. The van der Waals surface area contributed by atoms with Gasteiger partial charge in [-0.05, 0) is 17.7 Å². The van der Waals surface area contributed by atoms with E-state index in [0.717, 1.165) is 5.56 Å². The molecule has 0 saturated heterocycles. The van der Waals surface area contributed by atoms with Crippen LogP contribution in [0.15, 0.2) is 24.3 Å². The first-order valence-electron chi connectivity index (χ1n) is 5.31. The second-order valence-corrected chi connectivity index (χ2v) is 4.68. The van der Waals surface area contributed by atoms with Gasteiger partial charge in [0, 0.05) is 5.75 Å². The van der Waals surface area contributed by atoms with Gasteiger partial charge in [0.2, 0.25) is 5.91 Å². The molecule has 19 heavy (non-hydrogen) atoms. The lowest BCUT2D eigenvalue weighted by atomic mass is 10.2. The summed E-state index contributed by atoms with van der Waals surface area (Å²) in [6, 6.07) is 8.79.